The summed E-state index contributed by atoms with van der Waals surface area (Å²) >= 11 is 0. The van der Waals surface area contributed by atoms with Gasteiger partial charge in [0.05, 0.1) is 18.5 Å². The molecule has 0 saturated carbocycles. The number of ether oxygens (including phenoxy) is 1. The Hall–Kier alpha value is -1.19. The highest BCUT2D eigenvalue weighted by molar-refractivity contribution is 7.89. The fourth-order valence-electron chi connectivity index (χ4n) is 1.07. The molecule has 0 rings (SSSR count). The van der Waals surface area contributed by atoms with Gasteiger partial charge in [-0.05, 0) is 13.8 Å². The minimum atomic E-state index is -3.96. The van der Waals surface area contributed by atoms with Gasteiger partial charge in [-0.2, -0.15) is 4.31 Å². The Bertz CT molecular complexity index is 374. The average molecular weight is 283 g/mol. The van der Waals surface area contributed by atoms with Gasteiger partial charge in [0.1, 0.15) is 13.1 Å². The number of sulfonamides is 1. The van der Waals surface area contributed by atoms with Crippen LogP contribution in [0, 0.1) is 0 Å². The van der Waals surface area contributed by atoms with Crippen molar-refractivity contribution in [1.82, 2.24) is 4.31 Å². The van der Waals surface area contributed by atoms with E-state index >= 15 is 0 Å². The van der Waals surface area contributed by atoms with E-state index in [0.29, 0.717) is 4.31 Å². The summed E-state index contributed by atoms with van der Waals surface area (Å²) in [6.07, 6.45) is -0.160. The van der Waals surface area contributed by atoms with Crippen molar-refractivity contribution in [1.29, 1.82) is 0 Å². The zero-order chi connectivity index (χ0) is 14.3. The molecule has 0 aliphatic carbocycles. The number of carbonyl (C=O) groups is 2. The maximum atomic E-state index is 11.7. The molecular formula is C9H17NO7S. The van der Waals surface area contributed by atoms with Crippen molar-refractivity contribution in [2.24, 2.45) is 0 Å². The van der Waals surface area contributed by atoms with Crippen molar-refractivity contribution in [2.45, 2.75) is 20.0 Å². The average Bonchev–Trinajstić information content (AvgIpc) is 2.13. The lowest BCUT2D eigenvalue weighted by Crippen LogP contribution is -2.41. The van der Waals surface area contributed by atoms with E-state index in [9.17, 15) is 18.0 Å². The highest BCUT2D eigenvalue weighted by Gasteiger charge is 2.26. The molecule has 0 unspecified atom stereocenters. The van der Waals surface area contributed by atoms with Gasteiger partial charge >= 0.3 is 11.9 Å². The third-order valence-corrected chi connectivity index (χ3v) is 3.54. The highest BCUT2D eigenvalue weighted by atomic mass is 32.2. The van der Waals surface area contributed by atoms with Gasteiger partial charge in [-0.25, -0.2) is 8.42 Å². The quantitative estimate of drug-likeness (QED) is 0.568. The van der Waals surface area contributed by atoms with Crippen LogP contribution in [0.3, 0.4) is 0 Å². The summed E-state index contributed by atoms with van der Waals surface area (Å²) in [6.45, 7) is 1.57. The van der Waals surface area contributed by atoms with Gasteiger partial charge in [0.2, 0.25) is 10.0 Å². The van der Waals surface area contributed by atoms with Crippen LogP contribution >= 0.6 is 0 Å². The topological polar surface area (TPSA) is 121 Å². The molecular weight excluding hydrogens is 266 g/mol. The van der Waals surface area contributed by atoms with Crippen LogP contribution < -0.4 is 0 Å². The van der Waals surface area contributed by atoms with Crippen LogP contribution in [0.15, 0.2) is 0 Å². The molecule has 2 N–H and O–H groups in total. The normalized spacial score (nSPS) is 12.0. The Morgan fingerprint density at radius 3 is 1.94 bits per heavy atom. The Kier molecular flexibility index (Phi) is 6.81. The maximum Gasteiger partial charge on any atom is 0.318 e. The first kappa shape index (κ1) is 16.8. The molecule has 0 bridgehead atoms. The molecule has 0 aromatic heterocycles. The number of hydrogen-bond acceptors (Lipinski definition) is 5. The number of aliphatic carboxylic acids is 2. The van der Waals surface area contributed by atoms with E-state index in [1.54, 1.807) is 13.8 Å². The van der Waals surface area contributed by atoms with Gasteiger partial charge in [0, 0.05) is 0 Å². The molecule has 106 valence electrons. The number of carboxylic acids is 2. The standard InChI is InChI=1S/C9H17NO7S/c1-7(2)17-3-4-18(15,16)10(5-8(11)12)6-9(13)14/h7H,3-6H2,1-2H3,(H,11,12)(H,13,14). The summed E-state index contributed by atoms with van der Waals surface area (Å²) in [6, 6.07) is 0. The number of carboxylic acid groups (broad SMARTS) is 2. The van der Waals surface area contributed by atoms with E-state index < -0.39 is 40.8 Å². The second kappa shape index (κ2) is 7.29. The molecule has 0 aliphatic heterocycles. The summed E-state index contributed by atoms with van der Waals surface area (Å²) in [5.41, 5.74) is 0. The van der Waals surface area contributed by atoms with Gasteiger partial charge in [-0.15, -0.1) is 0 Å². The van der Waals surface area contributed by atoms with Crippen molar-refractivity contribution in [2.75, 3.05) is 25.4 Å². The van der Waals surface area contributed by atoms with Crippen LogP contribution in [0.5, 0.6) is 0 Å². The molecule has 0 amide bonds. The first-order chi connectivity index (χ1) is 8.15. The van der Waals surface area contributed by atoms with E-state index in [1.165, 1.54) is 0 Å². The molecule has 0 spiro atoms. The highest BCUT2D eigenvalue weighted by Crippen LogP contribution is 2.02. The fraction of sp³-hybridized carbons (Fsp3) is 0.778. The molecule has 0 atom stereocenters. The first-order valence-electron chi connectivity index (χ1n) is 5.18. The second-order valence-electron chi connectivity index (χ2n) is 3.79. The van der Waals surface area contributed by atoms with E-state index in [4.69, 9.17) is 14.9 Å². The number of hydrogen-bond donors (Lipinski definition) is 2. The fourth-order valence-corrected chi connectivity index (χ4v) is 2.25. The predicted octanol–water partition coefficient (Wildman–Crippen LogP) is -0.788. The third-order valence-electron chi connectivity index (χ3n) is 1.81. The minimum absolute atomic E-state index is 0.115. The van der Waals surface area contributed by atoms with E-state index in [2.05, 4.69) is 0 Å². The van der Waals surface area contributed by atoms with Crippen LogP contribution in [0.4, 0.5) is 0 Å². The summed E-state index contributed by atoms with van der Waals surface area (Å²) in [4.78, 5) is 21.0. The van der Waals surface area contributed by atoms with Crippen molar-refractivity contribution in [3.05, 3.63) is 0 Å². The van der Waals surface area contributed by atoms with Crippen molar-refractivity contribution >= 4 is 22.0 Å². The largest absolute Gasteiger partial charge is 0.480 e. The number of nitrogens with zero attached hydrogens (tertiary/aromatic N) is 1. The summed E-state index contributed by atoms with van der Waals surface area (Å²) in [5, 5.41) is 17.1. The monoisotopic (exact) mass is 283 g/mol. The SMILES string of the molecule is CC(C)OCCS(=O)(=O)N(CC(=O)O)CC(=O)O. The zero-order valence-electron chi connectivity index (χ0n) is 10.2. The van der Waals surface area contributed by atoms with Gasteiger partial charge in [0.15, 0.2) is 0 Å². The molecule has 8 nitrogen and oxygen atoms in total. The molecule has 0 saturated heterocycles. The van der Waals surface area contributed by atoms with Crippen LogP contribution in [0.1, 0.15) is 13.8 Å². The Morgan fingerprint density at radius 2 is 1.61 bits per heavy atom. The lowest BCUT2D eigenvalue weighted by atomic mass is 10.5. The summed E-state index contributed by atoms with van der Waals surface area (Å²) in [5.74, 6) is -3.28. The Morgan fingerprint density at radius 1 is 1.17 bits per heavy atom. The third kappa shape index (κ3) is 7.20. The van der Waals surface area contributed by atoms with Crippen LogP contribution in [-0.4, -0.2) is 66.4 Å². The Labute approximate surface area is 105 Å². The van der Waals surface area contributed by atoms with Crippen molar-refractivity contribution in [3.63, 3.8) is 0 Å². The van der Waals surface area contributed by atoms with E-state index in [-0.39, 0.29) is 12.7 Å². The molecule has 0 heterocycles. The minimum Gasteiger partial charge on any atom is -0.480 e. The molecule has 0 aromatic rings. The molecule has 0 radical (unpaired) electrons. The van der Waals surface area contributed by atoms with Gasteiger partial charge in [-0.1, -0.05) is 0 Å². The van der Waals surface area contributed by atoms with Crippen LogP contribution in [0.2, 0.25) is 0 Å². The van der Waals surface area contributed by atoms with Crippen LogP contribution in [-0.2, 0) is 24.3 Å². The van der Waals surface area contributed by atoms with Gasteiger partial charge < -0.3 is 14.9 Å². The van der Waals surface area contributed by atoms with Crippen molar-refractivity contribution in [3.8, 4) is 0 Å². The lowest BCUT2D eigenvalue weighted by Gasteiger charge is -2.18. The molecule has 18 heavy (non-hydrogen) atoms. The van der Waals surface area contributed by atoms with Crippen LogP contribution in [0.25, 0.3) is 0 Å². The smallest absolute Gasteiger partial charge is 0.318 e. The zero-order valence-corrected chi connectivity index (χ0v) is 11.0. The molecule has 0 aromatic carbocycles. The first-order valence-corrected chi connectivity index (χ1v) is 6.79. The molecule has 9 heteroatoms. The second-order valence-corrected chi connectivity index (χ2v) is 5.88. The predicted molar refractivity (Wildman–Crippen MR) is 61.7 cm³/mol. The summed E-state index contributed by atoms with van der Waals surface area (Å²) in [7, 11) is -3.96. The van der Waals surface area contributed by atoms with Gasteiger partial charge in [0.25, 0.3) is 0 Å². The molecule has 0 fully saturated rings. The van der Waals surface area contributed by atoms with E-state index in [0.717, 1.165) is 0 Å². The van der Waals surface area contributed by atoms with E-state index in [1.807, 2.05) is 0 Å². The van der Waals surface area contributed by atoms with Crippen molar-refractivity contribution < 1.29 is 33.0 Å². The number of rotatable bonds is 9. The Balaban J connectivity index is 4.63. The summed E-state index contributed by atoms with van der Waals surface area (Å²) < 4.78 is 28.8. The maximum absolute atomic E-state index is 11.7. The van der Waals surface area contributed by atoms with Gasteiger partial charge in [-0.3, -0.25) is 9.59 Å². The molecule has 0 aliphatic rings. The lowest BCUT2D eigenvalue weighted by molar-refractivity contribution is -0.139.